The molecule has 1 aliphatic carbocycles. The zero-order valence-corrected chi connectivity index (χ0v) is 10.2. The van der Waals surface area contributed by atoms with Crippen LogP contribution < -0.4 is 0 Å². The zero-order valence-electron chi connectivity index (χ0n) is 8.49. The third-order valence-corrected chi connectivity index (χ3v) is 3.21. The summed E-state index contributed by atoms with van der Waals surface area (Å²) in [5.41, 5.74) is 0. The first-order valence-corrected chi connectivity index (χ1v) is 5.45. The Balaban J connectivity index is 0.00000144. The fraction of sp³-hybridized carbons (Fsp3) is 0.833. The molecule has 84 valence electrons. The molecule has 0 saturated heterocycles. The van der Waals surface area contributed by atoms with E-state index in [2.05, 4.69) is 13.8 Å². The van der Waals surface area contributed by atoms with Crippen LogP contribution in [0, 0.1) is 72.6 Å². The van der Waals surface area contributed by atoms with Crippen molar-refractivity contribution >= 4 is 0 Å². The first kappa shape index (κ1) is 14.5. The van der Waals surface area contributed by atoms with Gasteiger partial charge in [0.25, 0.3) is 0 Å². The molecule has 0 aromatic carbocycles. The van der Waals surface area contributed by atoms with Crippen LogP contribution in [-0.2, 0) is 0 Å². The normalized spacial score (nSPS) is 18.7. The third-order valence-electron chi connectivity index (χ3n) is 3.21. The van der Waals surface area contributed by atoms with Gasteiger partial charge in [0.15, 0.2) is 0 Å². The van der Waals surface area contributed by atoms with Gasteiger partial charge in [0.2, 0.25) is 0 Å². The van der Waals surface area contributed by atoms with Crippen molar-refractivity contribution in [1.82, 2.24) is 0 Å². The van der Waals surface area contributed by atoms with Crippen LogP contribution in [0.4, 0.5) is 0 Å². The Morgan fingerprint density at radius 2 is 1.54 bits per heavy atom. The minimum Gasteiger partial charge on any atom is -0.343 e. The molecular weight excluding hydrogens is 317 g/mol. The monoisotopic (exact) mass is 340 g/mol. The Labute approximate surface area is 122 Å². The molecule has 0 spiro atoms. The Kier molecular flexibility index (Phi) is 9.83. The van der Waals surface area contributed by atoms with Crippen LogP contribution >= 0.6 is 0 Å². The van der Waals surface area contributed by atoms with Gasteiger partial charge in [0.05, 0.1) is 0 Å². The Morgan fingerprint density at radius 1 is 1.00 bits per heavy atom. The van der Waals surface area contributed by atoms with Crippen LogP contribution in [-0.4, -0.2) is 0 Å². The summed E-state index contributed by atoms with van der Waals surface area (Å²) >= 11 is 0. The number of hydrogen-bond donors (Lipinski definition) is 0. The number of hydrogen-bond acceptors (Lipinski definition) is 0. The van der Waals surface area contributed by atoms with E-state index in [0.29, 0.717) is 0 Å². The average molecular weight is 339 g/mol. The summed E-state index contributed by atoms with van der Waals surface area (Å²) in [6, 6.07) is 0. The van der Waals surface area contributed by atoms with Crippen LogP contribution in [0.3, 0.4) is 0 Å². The Hall–Kier alpha value is 1.52. The second-order valence-corrected chi connectivity index (χ2v) is 4.18. The summed E-state index contributed by atoms with van der Waals surface area (Å²) < 4.78 is 0. The van der Waals surface area contributed by atoms with E-state index >= 15 is 0 Å². The van der Waals surface area contributed by atoms with Gasteiger partial charge in [-0.25, -0.2) is 0 Å². The van der Waals surface area contributed by atoms with Gasteiger partial charge in [-0.3, -0.25) is 0 Å². The summed E-state index contributed by atoms with van der Waals surface area (Å²) in [6.07, 6.45) is 10.9. The van der Waals surface area contributed by atoms with Crippen molar-refractivity contribution in [2.45, 2.75) is 51.4 Å². The summed E-state index contributed by atoms with van der Waals surface area (Å²) in [7, 11) is 0. The predicted octanol–water partition coefficient (Wildman–Crippen LogP) is 4.02. The molecule has 1 fully saturated rings. The largest absolute Gasteiger partial charge is 2.00 e. The van der Waals surface area contributed by atoms with E-state index in [4.69, 9.17) is 0 Å². The molecule has 0 bridgehead atoms. The Morgan fingerprint density at radius 3 is 2.00 bits per heavy atom. The van der Waals surface area contributed by atoms with Gasteiger partial charge in [-0.1, -0.05) is 44.4 Å². The number of rotatable bonds is 4. The molecule has 0 heterocycles. The SMILES string of the molecule is [CH2-]CC(C[CH2-])CC1CCCCC1.[Yb+2]. The van der Waals surface area contributed by atoms with E-state index in [0.717, 1.165) is 24.7 Å². The van der Waals surface area contributed by atoms with Gasteiger partial charge < -0.3 is 13.8 Å². The molecule has 1 rings (SSSR count). The van der Waals surface area contributed by atoms with Gasteiger partial charge in [-0.05, 0) is 5.92 Å². The molecule has 0 aliphatic heterocycles. The van der Waals surface area contributed by atoms with Crippen molar-refractivity contribution in [3.63, 3.8) is 0 Å². The van der Waals surface area contributed by atoms with E-state index in [1.54, 1.807) is 0 Å². The van der Waals surface area contributed by atoms with E-state index in [1.807, 2.05) is 0 Å². The van der Waals surface area contributed by atoms with Gasteiger partial charge >= 0.3 is 46.9 Å². The summed E-state index contributed by atoms with van der Waals surface area (Å²) in [5.74, 6) is 1.81. The van der Waals surface area contributed by atoms with Crippen molar-refractivity contribution < 1.29 is 46.9 Å². The fourth-order valence-electron chi connectivity index (χ4n) is 2.27. The Bertz CT molecular complexity index is 102. The van der Waals surface area contributed by atoms with Gasteiger partial charge in [0, 0.05) is 0 Å². The molecule has 0 radical (unpaired) electrons. The summed E-state index contributed by atoms with van der Waals surface area (Å²) in [5, 5.41) is 0. The maximum atomic E-state index is 3.98. The second kappa shape index (κ2) is 8.80. The molecule has 0 nitrogen and oxygen atoms in total. The van der Waals surface area contributed by atoms with E-state index < -0.39 is 0 Å². The van der Waals surface area contributed by atoms with Crippen LogP contribution in [0.25, 0.3) is 0 Å². The molecule has 0 aromatic rings. The van der Waals surface area contributed by atoms with E-state index in [9.17, 15) is 0 Å². The molecule has 0 N–H and O–H groups in total. The van der Waals surface area contributed by atoms with Gasteiger partial charge in [-0.15, -0.1) is 0 Å². The predicted molar refractivity (Wildman–Crippen MR) is 54.6 cm³/mol. The molecule has 13 heavy (non-hydrogen) atoms. The molecule has 1 heteroatoms. The van der Waals surface area contributed by atoms with Crippen LogP contribution in [0.1, 0.15) is 51.4 Å². The fourth-order valence-corrected chi connectivity index (χ4v) is 2.27. The topological polar surface area (TPSA) is 0 Å². The summed E-state index contributed by atoms with van der Waals surface area (Å²) in [6.45, 7) is 7.96. The maximum Gasteiger partial charge on any atom is 2.00 e. The minimum absolute atomic E-state index is 0. The molecule has 1 aliphatic rings. The van der Waals surface area contributed by atoms with Crippen molar-refractivity contribution in [3.8, 4) is 0 Å². The minimum atomic E-state index is 0. The average Bonchev–Trinajstić information content (AvgIpc) is 2.16. The van der Waals surface area contributed by atoms with Crippen LogP contribution in [0.5, 0.6) is 0 Å². The van der Waals surface area contributed by atoms with Crippen molar-refractivity contribution in [3.05, 3.63) is 13.8 Å². The van der Waals surface area contributed by atoms with E-state index in [-0.39, 0.29) is 46.9 Å². The van der Waals surface area contributed by atoms with Gasteiger partial charge in [0.1, 0.15) is 0 Å². The molecule has 0 atom stereocenters. The van der Waals surface area contributed by atoms with Crippen molar-refractivity contribution in [2.24, 2.45) is 11.8 Å². The zero-order chi connectivity index (χ0) is 8.81. The van der Waals surface area contributed by atoms with Crippen molar-refractivity contribution in [2.75, 3.05) is 0 Å². The van der Waals surface area contributed by atoms with Crippen molar-refractivity contribution in [1.29, 1.82) is 0 Å². The second-order valence-electron chi connectivity index (χ2n) is 4.18. The summed E-state index contributed by atoms with van der Waals surface area (Å²) in [4.78, 5) is 0. The molecule has 0 amide bonds. The molecule has 0 unspecified atom stereocenters. The standard InChI is InChI=1S/C12H22.Yb/c1-3-11(4-2)10-12-8-6-5-7-9-12;/h11-12H,1-10H2;/q-2;+2. The molecule has 1 saturated carbocycles. The van der Waals surface area contributed by atoms with Gasteiger partial charge in [-0.2, -0.15) is 12.8 Å². The third kappa shape index (κ3) is 5.84. The van der Waals surface area contributed by atoms with Crippen LogP contribution in [0.15, 0.2) is 0 Å². The smallest absolute Gasteiger partial charge is 0.343 e. The first-order valence-electron chi connectivity index (χ1n) is 5.45. The van der Waals surface area contributed by atoms with Crippen LogP contribution in [0.2, 0.25) is 0 Å². The molecule has 0 aromatic heterocycles. The van der Waals surface area contributed by atoms with E-state index in [1.165, 1.54) is 38.5 Å². The maximum absolute atomic E-state index is 3.98. The first-order chi connectivity index (χ1) is 5.86. The quantitative estimate of drug-likeness (QED) is 0.679. The molecular formula is C12H22Yb.